The number of aromatic nitrogens is 1. The van der Waals surface area contributed by atoms with Gasteiger partial charge in [-0.3, -0.25) is 0 Å². The number of rotatable bonds is 9. The van der Waals surface area contributed by atoms with Gasteiger partial charge in [0.25, 0.3) is 0 Å². The van der Waals surface area contributed by atoms with Gasteiger partial charge in [0.05, 0.1) is 63.3 Å². The minimum atomic E-state index is 0.975. The molecule has 0 aliphatic carbocycles. The lowest BCUT2D eigenvalue weighted by Gasteiger charge is -2.26. The quantitative estimate of drug-likeness (QED) is 0.281. The summed E-state index contributed by atoms with van der Waals surface area (Å²) in [5.41, 5.74) is 3.88. The van der Waals surface area contributed by atoms with Gasteiger partial charge in [-0.25, -0.2) is 4.58 Å². The van der Waals surface area contributed by atoms with E-state index in [-0.39, 0.29) is 0 Å². The third kappa shape index (κ3) is 8.54. The van der Waals surface area contributed by atoms with Gasteiger partial charge in [-0.05, 0) is 49.3 Å². The Balaban J connectivity index is 1.29. The Labute approximate surface area is 257 Å². The van der Waals surface area contributed by atoms with Crippen LogP contribution in [0.25, 0.3) is 17.0 Å². The van der Waals surface area contributed by atoms with Gasteiger partial charge in [-0.1, -0.05) is 48.2 Å². The lowest BCUT2D eigenvalue weighted by molar-refractivity contribution is -0.870. The molecule has 3 aromatic rings. The molecule has 7 heteroatoms. The molecule has 0 spiro atoms. The monoisotopic (exact) mass is 585 g/mol. The van der Waals surface area contributed by atoms with Crippen molar-refractivity contribution in [2.45, 2.75) is 30.7 Å². The topological polar surface area (TPSA) is 34.2 Å². The second kappa shape index (κ2) is 15.0. The molecule has 0 saturated carbocycles. The Morgan fingerprint density at radius 2 is 1.69 bits per heavy atom. The Morgan fingerprint density at radius 3 is 2.50 bits per heavy atom. The van der Waals surface area contributed by atoms with Crippen molar-refractivity contribution >= 4 is 40.6 Å². The summed E-state index contributed by atoms with van der Waals surface area (Å²) in [6.45, 7) is 9.63. The minimum Gasteiger partial charge on any atom is -0.335 e. The summed E-state index contributed by atoms with van der Waals surface area (Å²) in [5.74, 6) is 0. The van der Waals surface area contributed by atoms with Crippen molar-refractivity contribution in [2.24, 2.45) is 0 Å². The Hall–Kier alpha value is -2.97. The first-order valence-corrected chi connectivity index (χ1v) is 16.4. The fourth-order valence-corrected chi connectivity index (χ4v) is 6.80. The molecule has 222 valence electrons. The molecule has 6 nitrogen and oxygen atoms in total. The first kappa shape index (κ1) is 30.5. The van der Waals surface area contributed by atoms with Gasteiger partial charge in [0, 0.05) is 30.0 Å². The molecule has 0 bridgehead atoms. The van der Waals surface area contributed by atoms with E-state index in [1.54, 1.807) is 0 Å². The van der Waals surface area contributed by atoms with E-state index < -0.39 is 0 Å². The number of pyridine rings is 1. The molecule has 1 saturated heterocycles. The number of anilines is 1. The van der Waals surface area contributed by atoms with E-state index in [0.717, 1.165) is 76.2 Å². The molecule has 2 aliphatic rings. The second-order valence-electron chi connectivity index (χ2n) is 12.3. The van der Waals surface area contributed by atoms with Gasteiger partial charge in [0.15, 0.2) is 25.8 Å². The molecule has 1 aromatic heterocycles. The van der Waals surface area contributed by atoms with Crippen LogP contribution in [0.3, 0.4) is 0 Å². The van der Waals surface area contributed by atoms with E-state index in [1.807, 2.05) is 11.8 Å². The minimum absolute atomic E-state index is 0.975. The van der Waals surface area contributed by atoms with Crippen molar-refractivity contribution in [1.82, 2.24) is 10.6 Å². The number of hydrogen-bond donors (Lipinski definition) is 2. The fourth-order valence-electron chi connectivity index (χ4n) is 5.70. The molecule has 0 radical (unpaired) electrons. The van der Waals surface area contributed by atoms with Crippen LogP contribution in [-0.2, 0) is 6.54 Å². The number of thioether (sulfide) groups is 1. The average Bonchev–Trinajstić information content (AvgIpc) is 3.33. The van der Waals surface area contributed by atoms with Crippen molar-refractivity contribution < 1.29 is 13.6 Å². The first-order chi connectivity index (χ1) is 20.5. The molecule has 1 fully saturated rings. The van der Waals surface area contributed by atoms with Gasteiger partial charge >= 0.3 is 0 Å². The predicted octanol–water partition coefficient (Wildman–Crippen LogP) is 4.75. The average molecular weight is 586 g/mol. The number of allylic oxidation sites excluding steroid dienone is 2. The smallest absolute Gasteiger partial charge is 0.213 e. The number of para-hydroxylation sites is 2. The van der Waals surface area contributed by atoms with Crippen LogP contribution in [0.2, 0.25) is 0 Å². The van der Waals surface area contributed by atoms with Gasteiger partial charge in [-0.2, -0.15) is 4.57 Å². The van der Waals surface area contributed by atoms with Crippen LogP contribution in [0.5, 0.6) is 0 Å². The summed E-state index contributed by atoms with van der Waals surface area (Å²) in [4.78, 5) is 3.84. The van der Waals surface area contributed by atoms with Crippen molar-refractivity contribution in [3.63, 3.8) is 0 Å². The maximum Gasteiger partial charge on any atom is 0.213 e. The summed E-state index contributed by atoms with van der Waals surface area (Å²) in [6, 6.07) is 19.9. The molecule has 2 aliphatic heterocycles. The highest BCUT2D eigenvalue weighted by molar-refractivity contribution is 8.03. The summed E-state index contributed by atoms with van der Waals surface area (Å²) in [6.07, 6.45) is 14.8. The largest absolute Gasteiger partial charge is 0.335 e. The highest BCUT2D eigenvalue weighted by Crippen LogP contribution is 2.45. The zero-order valence-corrected chi connectivity index (χ0v) is 26.6. The summed E-state index contributed by atoms with van der Waals surface area (Å²) >= 11 is 1.88. The Bertz CT molecular complexity index is 1410. The summed E-state index contributed by atoms with van der Waals surface area (Å²) < 4.78 is 5.87. The number of nitrogens with zero attached hydrogens (tertiary/aromatic N) is 4. The molecule has 3 heterocycles. The van der Waals surface area contributed by atoms with E-state index in [4.69, 9.17) is 0 Å². The maximum absolute atomic E-state index is 3.56. The predicted molar refractivity (Wildman–Crippen MR) is 179 cm³/mol. The number of hydrogen-bond acceptors (Lipinski definition) is 4. The van der Waals surface area contributed by atoms with E-state index in [2.05, 4.69) is 131 Å². The Kier molecular flexibility index (Phi) is 10.9. The molecular formula is C35H49N6S+3. The summed E-state index contributed by atoms with van der Waals surface area (Å²) in [7, 11) is 6.81. The molecule has 0 unspecified atom stereocenters. The number of benzene rings is 2. The van der Waals surface area contributed by atoms with Gasteiger partial charge in [0.2, 0.25) is 5.52 Å². The SMILES string of the molecule is C[N+](C)(C)CCCN1C(=CC=Cc2cc[n+](CCC=[N+]3CCNCCCNCC3)c3ccccc23)Sc2ccccc21. The van der Waals surface area contributed by atoms with Gasteiger partial charge in [-0.15, -0.1) is 0 Å². The molecule has 42 heavy (non-hydrogen) atoms. The summed E-state index contributed by atoms with van der Waals surface area (Å²) in [5, 5.41) is 9.72. The third-order valence-corrected chi connectivity index (χ3v) is 9.07. The molecule has 0 atom stereocenters. The number of aryl methyl sites for hydroxylation is 1. The molecule has 5 rings (SSSR count). The van der Waals surface area contributed by atoms with E-state index >= 15 is 0 Å². The van der Waals surface area contributed by atoms with Crippen LogP contribution in [0.4, 0.5) is 5.69 Å². The van der Waals surface area contributed by atoms with Crippen LogP contribution >= 0.6 is 11.8 Å². The number of quaternary nitrogens is 1. The van der Waals surface area contributed by atoms with E-state index in [1.165, 1.54) is 38.5 Å². The van der Waals surface area contributed by atoms with Crippen molar-refractivity contribution in [3.8, 4) is 0 Å². The third-order valence-electron chi connectivity index (χ3n) is 7.94. The lowest BCUT2D eigenvalue weighted by Crippen LogP contribution is -2.37. The first-order valence-electron chi connectivity index (χ1n) is 15.6. The highest BCUT2D eigenvalue weighted by Gasteiger charge is 2.24. The lowest BCUT2D eigenvalue weighted by atomic mass is 10.1. The van der Waals surface area contributed by atoms with Crippen LogP contribution in [0.1, 0.15) is 24.8 Å². The Morgan fingerprint density at radius 1 is 0.929 bits per heavy atom. The molecule has 2 N–H and O–H groups in total. The maximum atomic E-state index is 3.56. The second-order valence-corrected chi connectivity index (χ2v) is 13.4. The van der Waals surface area contributed by atoms with Crippen molar-refractivity contribution in [3.05, 3.63) is 83.5 Å². The van der Waals surface area contributed by atoms with Crippen molar-refractivity contribution in [1.29, 1.82) is 0 Å². The van der Waals surface area contributed by atoms with Crippen molar-refractivity contribution in [2.75, 3.05) is 78.4 Å². The normalized spacial score (nSPS) is 17.7. The van der Waals surface area contributed by atoms with Crippen LogP contribution in [-0.4, -0.2) is 88.8 Å². The van der Waals surface area contributed by atoms with Gasteiger partial charge < -0.3 is 20.0 Å². The molecule has 0 amide bonds. The van der Waals surface area contributed by atoms with Crippen LogP contribution < -0.4 is 20.1 Å². The standard InChI is InChI=1S/C35H49N6S/c1-41(2,3)29-11-25-40-33-15-6-7-16-34(33)42-35(40)17-8-12-30-18-26-39(32-14-5-4-13-31(30)32)24-10-23-38-27-21-36-19-9-20-37-22-28-38/h4-8,12-18,23,26,36-37H,9-11,19-22,24-25,27-29H2,1-3H3/q+3. The van der Waals surface area contributed by atoms with Crippen LogP contribution in [0.15, 0.2) is 82.9 Å². The molecular weight excluding hydrogens is 536 g/mol. The zero-order valence-electron chi connectivity index (χ0n) is 25.8. The number of nitrogens with one attached hydrogen (secondary N) is 2. The van der Waals surface area contributed by atoms with E-state index in [0.29, 0.717) is 0 Å². The van der Waals surface area contributed by atoms with E-state index in [9.17, 15) is 0 Å². The number of fused-ring (bicyclic) bond motifs is 2. The fraction of sp³-hybridized carbons (Fsp3) is 0.429. The van der Waals surface area contributed by atoms with Crippen LogP contribution in [0, 0.1) is 0 Å². The highest BCUT2D eigenvalue weighted by atomic mass is 32.2. The molecule has 2 aromatic carbocycles. The zero-order chi connectivity index (χ0) is 29.2. The van der Waals surface area contributed by atoms with Gasteiger partial charge in [0.1, 0.15) is 6.21 Å².